The van der Waals surface area contributed by atoms with Gasteiger partial charge >= 0.3 is 5.97 Å². The number of carbonyl (C=O) groups excluding carboxylic acids is 1. The Kier molecular flexibility index (Phi) is 3.38. The van der Waals surface area contributed by atoms with Crippen LogP contribution in [0, 0.1) is 0 Å². The highest BCUT2D eigenvalue weighted by Crippen LogP contribution is 2.57. The molecule has 7 nitrogen and oxygen atoms in total. The first-order chi connectivity index (χ1) is 12.5. The molecule has 2 bridgehead atoms. The van der Waals surface area contributed by atoms with E-state index in [-0.39, 0.29) is 24.9 Å². The summed E-state index contributed by atoms with van der Waals surface area (Å²) in [6.07, 6.45) is 3.59. The molecule has 1 N–H and O–H groups in total. The van der Waals surface area contributed by atoms with Gasteiger partial charge in [-0.3, -0.25) is 9.69 Å². The minimum absolute atomic E-state index is 0.0235. The van der Waals surface area contributed by atoms with E-state index in [1.54, 1.807) is 7.11 Å². The summed E-state index contributed by atoms with van der Waals surface area (Å²) >= 11 is 0. The average Bonchev–Trinajstić information content (AvgIpc) is 3.18. The third-order valence-electron chi connectivity index (χ3n) is 6.09. The molecule has 0 spiro atoms. The zero-order valence-corrected chi connectivity index (χ0v) is 14.7. The van der Waals surface area contributed by atoms with Crippen LogP contribution in [0.3, 0.4) is 0 Å². The van der Waals surface area contributed by atoms with Gasteiger partial charge in [0.25, 0.3) is 0 Å². The van der Waals surface area contributed by atoms with Crippen molar-refractivity contribution in [2.75, 3.05) is 20.4 Å². The summed E-state index contributed by atoms with van der Waals surface area (Å²) in [6.45, 7) is 1.99. The summed E-state index contributed by atoms with van der Waals surface area (Å²) in [5.74, 6) is 0.941. The molecule has 0 radical (unpaired) electrons. The van der Waals surface area contributed by atoms with Crippen molar-refractivity contribution in [3.8, 4) is 11.5 Å². The number of ether oxygens (including phenoxy) is 4. The fourth-order valence-electron chi connectivity index (χ4n) is 4.98. The second-order valence-corrected chi connectivity index (χ2v) is 7.28. The van der Waals surface area contributed by atoms with Gasteiger partial charge in [0.15, 0.2) is 17.7 Å². The Morgan fingerprint density at radius 2 is 2.12 bits per heavy atom. The molecule has 6 atom stereocenters. The third-order valence-corrected chi connectivity index (χ3v) is 6.09. The molecule has 1 aromatic carbocycles. The lowest BCUT2D eigenvalue weighted by atomic mass is 9.65. The average molecular weight is 359 g/mol. The molecular formula is C19H21NO6. The van der Waals surface area contributed by atoms with Crippen LogP contribution in [-0.4, -0.2) is 54.7 Å². The Bertz CT molecular complexity index is 807. The van der Waals surface area contributed by atoms with Crippen molar-refractivity contribution >= 4 is 5.97 Å². The molecule has 1 saturated heterocycles. The molecule has 0 amide bonds. The van der Waals surface area contributed by atoms with Crippen LogP contribution in [0.1, 0.15) is 30.7 Å². The number of hydrogen-bond donors (Lipinski definition) is 1. The van der Waals surface area contributed by atoms with Crippen LogP contribution >= 0.6 is 0 Å². The van der Waals surface area contributed by atoms with Gasteiger partial charge in [0, 0.05) is 32.2 Å². The van der Waals surface area contributed by atoms with Gasteiger partial charge in [0.05, 0.1) is 17.6 Å². The predicted molar refractivity (Wildman–Crippen MR) is 89.8 cm³/mol. The number of aliphatic hydroxyl groups excluding tert-OH is 1. The quantitative estimate of drug-likeness (QED) is 0.629. The van der Waals surface area contributed by atoms with Gasteiger partial charge < -0.3 is 24.1 Å². The highest BCUT2D eigenvalue weighted by atomic mass is 16.7. The number of hydrogen-bond acceptors (Lipinski definition) is 7. The van der Waals surface area contributed by atoms with Crippen molar-refractivity contribution in [3.63, 3.8) is 0 Å². The molecule has 3 heterocycles. The Balaban J connectivity index is 1.74. The monoisotopic (exact) mass is 359 g/mol. The maximum Gasteiger partial charge on any atom is 0.304 e. The number of esters is 1. The Morgan fingerprint density at radius 1 is 1.35 bits per heavy atom. The van der Waals surface area contributed by atoms with Crippen molar-refractivity contribution in [1.29, 1.82) is 0 Å². The van der Waals surface area contributed by atoms with Crippen LogP contribution in [0.15, 0.2) is 24.3 Å². The molecule has 26 heavy (non-hydrogen) atoms. The fourth-order valence-corrected chi connectivity index (χ4v) is 4.98. The minimum Gasteiger partial charge on any atom is -0.454 e. The topological polar surface area (TPSA) is 77.5 Å². The van der Waals surface area contributed by atoms with Gasteiger partial charge in [0.1, 0.15) is 0 Å². The van der Waals surface area contributed by atoms with E-state index < -0.39 is 17.7 Å². The van der Waals surface area contributed by atoms with Gasteiger partial charge in [-0.15, -0.1) is 0 Å². The number of carbonyl (C=O) groups is 1. The lowest BCUT2D eigenvalue weighted by Crippen LogP contribution is -2.54. The lowest BCUT2D eigenvalue weighted by Gasteiger charge is -2.48. The largest absolute Gasteiger partial charge is 0.454 e. The van der Waals surface area contributed by atoms with Crippen LogP contribution in [0.5, 0.6) is 11.5 Å². The number of methoxy groups -OCH3 is 1. The summed E-state index contributed by atoms with van der Waals surface area (Å²) in [4.78, 5) is 13.9. The first-order valence-electron chi connectivity index (χ1n) is 8.82. The van der Waals surface area contributed by atoms with Crippen LogP contribution in [0.25, 0.3) is 0 Å². The van der Waals surface area contributed by atoms with Crippen molar-refractivity contribution < 1.29 is 28.8 Å². The molecular weight excluding hydrogens is 338 g/mol. The summed E-state index contributed by atoms with van der Waals surface area (Å²) in [7, 11) is 1.68. The molecule has 7 heteroatoms. The maximum atomic E-state index is 11.8. The molecule has 0 saturated carbocycles. The summed E-state index contributed by atoms with van der Waals surface area (Å²) in [5.41, 5.74) is 1.21. The summed E-state index contributed by atoms with van der Waals surface area (Å²) < 4.78 is 22.3. The molecule has 0 aromatic heterocycles. The number of fused-ring (bicyclic) bond motifs is 2. The van der Waals surface area contributed by atoms with Crippen molar-refractivity contribution in [2.24, 2.45) is 0 Å². The van der Waals surface area contributed by atoms with E-state index in [9.17, 15) is 9.90 Å². The SMILES string of the molecule is CO[C@H]1C=C[C@@]23c4cc5c(cc4[C@H](OC(C)=O)N(C[C@H]2O)[C@H]3C1)OCO5. The van der Waals surface area contributed by atoms with E-state index in [1.165, 1.54) is 6.92 Å². The Hall–Kier alpha value is -2.09. The number of nitrogens with zero attached hydrogens (tertiary/aromatic N) is 1. The Labute approximate surface area is 151 Å². The van der Waals surface area contributed by atoms with Gasteiger partial charge in [-0.25, -0.2) is 0 Å². The number of benzene rings is 1. The van der Waals surface area contributed by atoms with Crippen LogP contribution in [0.4, 0.5) is 0 Å². The van der Waals surface area contributed by atoms with Crippen molar-refractivity contribution in [3.05, 3.63) is 35.4 Å². The molecule has 1 fully saturated rings. The van der Waals surface area contributed by atoms with Gasteiger partial charge in [-0.2, -0.15) is 0 Å². The highest BCUT2D eigenvalue weighted by Gasteiger charge is 2.62. The van der Waals surface area contributed by atoms with E-state index >= 15 is 0 Å². The molecule has 3 aliphatic heterocycles. The number of aliphatic hydroxyl groups is 1. The van der Waals surface area contributed by atoms with Crippen LogP contribution < -0.4 is 9.47 Å². The number of rotatable bonds is 2. The van der Waals surface area contributed by atoms with E-state index in [0.717, 1.165) is 17.5 Å². The smallest absolute Gasteiger partial charge is 0.304 e. The molecule has 4 aliphatic rings. The molecule has 1 aliphatic carbocycles. The van der Waals surface area contributed by atoms with Gasteiger partial charge in [0.2, 0.25) is 6.79 Å². The standard InChI is InChI=1S/C19H21NO6/c1-10(21)26-18-12-6-14-15(25-9-24-14)7-13(12)19-4-3-11(23-2)5-16(19)20(18)8-17(19)22/h3-4,6-7,11,16-18,22H,5,8-9H2,1-2H3/t11-,16-,17+,18-,19-/m0/s1. The van der Waals surface area contributed by atoms with Gasteiger partial charge in [-0.1, -0.05) is 12.2 Å². The first kappa shape index (κ1) is 16.1. The zero-order valence-electron chi connectivity index (χ0n) is 14.7. The second kappa shape index (κ2) is 5.45. The molecule has 1 unspecified atom stereocenters. The molecule has 5 rings (SSSR count). The van der Waals surface area contributed by atoms with Crippen molar-refractivity contribution in [1.82, 2.24) is 4.90 Å². The maximum absolute atomic E-state index is 11.8. The predicted octanol–water partition coefficient (Wildman–Crippen LogP) is 1.25. The third kappa shape index (κ3) is 1.96. The fraction of sp³-hybridized carbons (Fsp3) is 0.526. The Morgan fingerprint density at radius 3 is 2.85 bits per heavy atom. The second-order valence-electron chi connectivity index (χ2n) is 7.28. The summed E-state index contributed by atoms with van der Waals surface area (Å²) in [6, 6.07) is 3.79. The van der Waals surface area contributed by atoms with Crippen LogP contribution in [0.2, 0.25) is 0 Å². The zero-order chi connectivity index (χ0) is 18.1. The van der Waals surface area contributed by atoms with E-state index in [2.05, 4.69) is 11.0 Å². The van der Waals surface area contributed by atoms with Crippen molar-refractivity contribution in [2.45, 2.75) is 43.2 Å². The van der Waals surface area contributed by atoms with Gasteiger partial charge in [-0.05, 0) is 24.1 Å². The van der Waals surface area contributed by atoms with E-state index in [0.29, 0.717) is 18.0 Å². The van der Waals surface area contributed by atoms with E-state index in [1.807, 2.05) is 18.2 Å². The molecule has 138 valence electrons. The van der Waals surface area contributed by atoms with E-state index in [4.69, 9.17) is 18.9 Å². The van der Waals surface area contributed by atoms with Crippen LogP contribution in [-0.2, 0) is 19.7 Å². The first-order valence-corrected chi connectivity index (χ1v) is 8.82. The summed E-state index contributed by atoms with van der Waals surface area (Å²) in [5, 5.41) is 11.0. The minimum atomic E-state index is -0.610. The lowest BCUT2D eigenvalue weighted by molar-refractivity contribution is -0.161. The highest BCUT2D eigenvalue weighted by molar-refractivity contribution is 5.67. The molecule has 1 aromatic rings. The normalized spacial score (nSPS) is 38.7.